The van der Waals surface area contributed by atoms with Crippen molar-refractivity contribution in [3.8, 4) is 0 Å². The number of carboxylic acids is 1. The highest BCUT2D eigenvalue weighted by atomic mass is 32.1. The van der Waals surface area contributed by atoms with Crippen molar-refractivity contribution in [2.45, 2.75) is 51.5 Å². The molecule has 2 atom stereocenters. The summed E-state index contributed by atoms with van der Waals surface area (Å²) in [5.74, 6) is -0.834. The van der Waals surface area contributed by atoms with Crippen LogP contribution in [-0.4, -0.2) is 23.0 Å². The number of amides is 1. The highest BCUT2D eigenvalue weighted by Gasteiger charge is 2.45. The lowest BCUT2D eigenvalue weighted by Gasteiger charge is -2.27. The molecule has 1 heterocycles. The maximum atomic E-state index is 11.9. The zero-order valence-electron chi connectivity index (χ0n) is 11.7. The molecule has 4 nitrogen and oxygen atoms in total. The van der Waals surface area contributed by atoms with Gasteiger partial charge in [-0.3, -0.25) is 9.59 Å². The number of carbonyl (C=O) groups is 2. The van der Waals surface area contributed by atoms with Crippen molar-refractivity contribution in [1.29, 1.82) is 0 Å². The van der Waals surface area contributed by atoms with Crippen molar-refractivity contribution in [3.05, 3.63) is 22.4 Å². The zero-order valence-corrected chi connectivity index (χ0v) is 12.5. The fraction of sp³-hybridized carbons (Fsp3) is 0.600. The van der Waals surface area contributed by atoms with E-state index in [-0.39, 0.29) is 11.9 Å². The van der Waals surface area contributed by atoms with Crippen molar-refractivity contribution in [3.63, 3.8) is 0 Å². The lowest BCUT2D eigenvalue weighted by Crippen LogP contribution is -2.47. The van der Waals surface area contributed by atoms with Crippen LogP contribution in [0.25, 0.3) is 0 Å². The third-order valence-electron chi connectivity index (χ3n) is 4.19. The van der Waals surface area contributed by atoms with Crippen molar-refractivity contribution >= 4 is 23.2 Å². The first kappa shape index (κ1) is 15.0. The number of rotatable bonds is 6. The number of carbonyl (C=O) groups excluding carboxylic acids is 1. The largest absolute Gasteiger partial charge is 0.481 e. The summed E-state index contributed by atoms with van der Waals surface area (Å²) in [4.78, 5) is 24.6. The SMILES string of the molecule is CC1(C(=O)O)CCCC1NC(=O)CCCc1cccs1. The van der Waals surface area contributed by atoms with Crippen LogP contribution in [0.15, 0.2) is 17.5 Å². The predicted octanol–water partition coefficient (Wildman–Crippen LogP) is 2.83. The highest BCUT2D eigenvalue weighted by Crippen LogP contribution is 2.38. The maximum Gasteiger partial charge on any atom is 0.311 e. The van der Waals surface area contributed by atoms with Crippen molar-refractivity contribution in [1.82, 2.24) is 5.32 Å². The van der Waals surface area contributed by atoms with Gasteiger partial charge in [0.1, 0.15) is 0 Å². The van der Waals surface area contributed by atoms with Crippen molar-refractivity contribution in [2.75, 3.05) is 0 Å². The topological polar surface area (TPSA) is 66.4 Å². The number of aryl methyl sites for hydroxylation is 1. The fourth-order valence-corrected chi connectivity index (χ4v) is 3.55. The summed E-state index contributed by atoms with van der Waals surface area (Å²) in [5.41, 5.74) is -0.802. The Kier molecular flexibility index (Phi) is 4.81. The third kappa shape index (κ3) is 3.39. The Morgan fingerprint density at radius 1 is 1.55 bits per heavy atom. The molecule has 1 saturated carbocycles. The maximum absolute atomic E-state index is 11.9. The number of hydrogen-bond donors (Lipinski definition) is 2. The van der Waals surface area contributed by atoms with E-state index in [0.29, 0.717) is 12.8 Å². The minimum Gasteiger partial charge on any atom is -0.481 e. The Morgan fingerprint density at radius 3 is 3.00 bits per heavy atom. The molecule has 110 valence electrons. The minimum atomic E-state index is -0.807. The molecule has 2 rings (SSSR count). The molecular weight excluding hydrogens is 274 g/mol. The molecule has 0 aliphatic heterocycles. The van der Waals surface area contributed by atoms with Gasteiger partial charge < -0.3 is 10.4 Å². The molecule has 5 heteroatoms. The van der Waals surface area contributed by atoms with Gasteiger partial charge in [-0.15, -0.1) is 11.3 Å². The van der Waals surface area contributed by atoms with Crippen LogP contribution in [0.3, 0.4) is 0 Å². The summed E-state index contributed by atoms with van der Waals surface area (Å²) >= 11 is 1.70. The summed E-state index contributed by atoms with van der Waals surface area (Å²) < 4.78 is 0. The van der Waals surface area contributed by atoms with E-state index < -0.39 is 11.4 Å². The summed E-state index contributed by atoms with van der Waals surface area (Å²) in [5, 5.41) is 14.3. The molecule has 0 radical (unpaired) electrons. The van der Waals surface area contributed by atoms with Crippen molar-refractivity contribution < 1.29 is 14.7 Å². The van der Waals surface area contributed by atoms with Crippen LogP contribution in [0.1, 0.15) is 43.9 Å². The van der Waals surface area contributed by atoms with E-state index in [4.69, 9.17) is 0 Å². The number of nitrogens with one attached hydrogen (secondary N) is 1. The Labute approximate surface area is 123 Å². The second-order valence-electron chi connectivity index (χ2n) is 5.67. The average molecular weight is 295 g/mol. The van der Waals surface area contributed by atoms with Crippen LogP contribution in [0.4, 0.5) is 0 Å². The van der Waals surface area contributed by atoms with Crippen LogP contribution in [0.2, 0.25) is 0 Å². The lowest BCUT2D eigenvalue weighted by atomic mass is 9.85. The molecule has 20 heavy (non-hydrogen) atoms. The van der Waals surface area contributed by atoms with Gasteiger partial charge in [-0.2, -0.15) is 0 Å². The second-order valence-corrected chi connectivity index (χ2v) is 6.70. The number of hydrogen-bond acceptors (Lipinski definition) is 3. The van der Waals surface area contributed by atoms with Gasteiger partial charge in [0, 0.05) is 17.3 Å². The van der Waals surface area contributed by atoms with Gasteiger partial charge in [0.15, 0.2) is 0 Å². The number of carboxylic acid groups (broad SMARTS) is 1. The molecule has 1 aliphatic carbocycles. The van der Waals surface area contributed by atoms with E-state index in [1.807, 2.05) is 11.4 Å². The van der Waals surface area contributed by atoms with E-state index >= 15 is 0 Å². The highest BCUT2D eigenvalue weighted by molar-refractivity contribution is 7.09. The molecule has 2 N–H and O–H groups in total. The van der Waals surface area contributed by atoms with E-state index in [2.05, 4.69) is 11.4 Å². The number of thiophene rings is 1. The zero-order chi connectivity index (χ0) is 14.6. The van der Waals surface area contributed by atoms with E-state index in [9.17, 15) is 14.7 Å². The van der Waals surface area contributed by atoms with Crippen LogP contribution in [-0.2, 0) is 16.0 Å². The summed E-state index contributed by atoms with van der Waals surface area (Å²) in [7, 11) is 0. The van der Waals surface area contributed by atoms with Gasteiger partial charge in [0.25, 0.3) is 0 Å². The van der Waals surface area contributed by atoms with Crippen LogP contribution >= 0.6 is 11.3 Å². The van der Waals surface area contributed by atoms with Crippen LogP contribution < -0.4 is 5.32 Å². The summed E-state index contributed by atoms with van der Waals surface area (Å²) in [6.07, 6.45) is 4.45. The van der Waals surface area contributed by atoms with Crippen LogP contribution in [0, 0.1) is 5.41 Å². The molecule has 0 aromatic carbocycles. The quantitative estimate of drug-likeness (QED) is 0.848. The first-order chi connectivity index (χ1) is 9.52. The molecule has 1 aromatic rings. The molecule has 1 fully saturated rings. The lowest BCUT2D eigenvalue weighted by molar-refractivity contribution is -0.149. The Hall–Kier alpha value is -1.36. The average Bonchev–Trinajstić information content (AvgIpc) is 3.01. The monoisotopic (exact) mass is 295 g/mol. The second kappa shape index (κ2) is 6.39. The van der Waals surface area contributed by atoms with Gasteiger partial charge >= 0.3 is 5.97 Å². The molecule has 1 aromatic heterocycles. The third-order valence-corrected chi connectivity index (χ3v) is 5.13. The van der Waals surface area contributed by atoms with Gasteiger partial charge in [0.05, 0.1) is 5.41 Å². The van der Waals surface area contributed by atoms with Gasteiger partial charge in [-0.25, -0.2) is 0 Å². The normalized spacial score (nSPS) is 25.6. The van der Waals surface area contributed by atoms with E-state index in [1.54, 1.807) is 18.3 Å². The predicted molar refractivity (Wildman–Crippen MR) is 78.8 cm³/mol. The van der Waals surface area contributed by atoms with Gasteiger partial charge in [-0.1, -0.05) is 12.5 Å². The standard InChI is InChI=1S/C15H21NO3S/c1-15(14(18)19)9-3-7-12(15)16-13(17)8-2-5-11-6-4-10-20-11/h4,6,10,12H,2-3,5,7-9H2,1H3,(H,16,17)(H,18,19). The molecule has 0 spiro atoms. The van der Waals surface area contributed by atoms with Crippen molar-refractivity contribution in [2.24, 2.45) is 5.41 Å². The summed E-state index contributed by atoms with van der Waals surface area (Å²) in [6, 6.07) is 3.85. The minimum absolute atomic E-state index is 0.0269. The summed E-state index contributed by atoms with van der Waals surface area (Å²) in [6.45, 7) is 1.74. The molecule has 1 aliphatic rings. The smallest absolute Gasteiger partial charge is 0.311 e. The first-order valence-corrected chi connectivity index (χ1v) is 7.95. The first-order valence-electron chi connectivity index (χ1n) is 7.07. The molecule has 2 unspecified atom stereocenters. The molecule has 0 bridgehead atoms. The fourth-order valence-electron chi connectivity index (χ4n) is 2.80. The van der Waals surface area contributed by atoms with Gasteiger partial charge in [-0.05, 0) is 44.1 Å². The van der Waals surface area contributed by atoms with E-state index in [0.717, 1.165) is 25.7 Å². The molecular formula is C15H21NO3S. The Bertz CT molecular complexity index is 471. The molecule has 0 saturated heterocycles. The van der Waals surface area contributed by atoms with E-state index in [1.165, 1.54) is 4.88 Å². The number of aliphatic carboxylic acids is 1. The van der Waals surface area contributed by atoms with Crippen LogP contribution in [0.5, 0.6) is 0 Å². The Morgan fingerprint density at radius 2 is 2.35 bits per heavy atom. The molecule has 1 amide bonds. The Balaban J connectivity index is 1.78. The van der Waals surface area contributed by atoms with Gasteiger partial charge in [0.2, 0.25) is 5.91 Å².